The molecule has 1 saturated carbocycles. The highest BCUT2D eigenvalue weighted by molar-refractivity contribution is 7.15. The van der Waals surface area contributed by atoms with Crippen LogP contribution < -0.4 is 15.4 Å². The van der Waals surface area contributed by atoms with Crippen molar-refractivity contribution in [3.8, 4) is 5.75 Å². The number of likely N-dealkylation sites (tertiary alicyclic amines) is 1. The second-order valence-electron chi connectivity index (χ2n) is 8.88. The minimum absolute atomic E-state index is 0.0428. The largest absolute Gasteiger partial charge is 0.497 e. The lowest BCUT2D eigenvalue weighted by atomic mass is 9.96. The van der Waals surface area contributed by atoms with Crippen LogP contribution in [-0.4, -0.2) is 59.1 Å². The fourth-order valence-electron chi connectivity index (χ4n) is 4.51. The Morgan fingerprint density at radius 3 is 2.38 bits per heavy atom. The summed E-state index contributed by atoms with van der Waals surface area (Å²) in [5.74, 6) is -0.202. The molecule has 182 valence electrons. The zero-order valence-electron chi connectivity index (χ0n) is 19.4. The molecule has 0 spiro atoms. The number of hydrogen-bond acceptors (Lipinski definition) is 7. The number of amides is 3. The average molecular weight is 486 g/mol. The van der Waals surface area contributed by atoms with Gasteiger partial charge in [0.1, 0.15) is 5.75 Å². The van der Waals surface area contributed by atoms with Gasteiger partial charge < -0.3 is 20.3 Å². The number of ether oxygens (including phenoxy) is 1. The van der Waals surface area contributed by atoms with Gasteiger partial charge in [0, 0.05) is 24.8 Å². The van der Waals surface area contributed by atoms with Crippen molar-refractivity contribution in [2.45, 2.75) is 57.4 Å². The topological polar surface area (TPSA) is 114 Å². The van der Waals surface area contributed by atoms with Gasteiger partial charge in [0.05, 0.1) is 13.0 Å². The molecule has 2 aromatic rings. The van der Waals surface area contributed by atoms with Gasteiger partial charge in [0.25, 0.3) is 11.8 Å². The van der Waals surface area contributed by atoms with E-state index in [-0.39, 0.29) is 33.8 Å². The molecule has 2 N–H and O–H groups in total. The molecule has 1 aromatic heterocycles. The molecule has 34 heavy (non-hydrogen) atoms. The van der Waals surface area contributed by atoms with Crippen molar-refractivity contribution >= 4 is 34.7 Å². The molecule has 10 heteroatoms. The van der Waals surface area contributed by atoms with Crippen LogP contribution in [0, 0.1) is 5.92 Å². The Morgan fingerprint density at radius 1 is 0.971 bits per heavy atom. The summed E-state index contributed by atoms with van der Waals surface area (Å²) < 4.78 is 5.11. The molecule has 1 aliphatic heterocycles. The van der Waals surface area contributed by atoms with Crippen molar-refractivity contribution in [2.75, 3.05) is 25.5 Å². The van der Waals surface area contributed by atoms with E-state index in [2.05, 4.69) is 20.8 Å². The Hall–Kier alpha value is -3.01. The van der Waals surface area contributed by atoms with E-state index in [9.17, 15) is 14.4 Å². The number of benzene rings is 1. The van der Waals surface area contributed by atoms with E-state index in [1.807, 2.05) is 0 Å². The smallest absolute Gasteiger partial charge is 0.286 e. The molecule has 3 amide bonds. The van der Waals surface area contributed by atoms with Crippen LogP contribution in [0.4, 0.5) is 5.69 Å². The number of nitrogens with one attached hydrogen (secondary N) is 2. The summed E-state index contributed by atoms with van der Waals surface area (Å²) in [5.41, 5.74) is 0.590. The van der Waals surface area contributed by atoms with Crippen molar-refractivity contribution in [1.82, 2.24) is 20.4 Å². The minimum atomic E-state index is -0.430. The fraction of sp³-hybridized carbons (Fsp3) is 0.542. The quantitative estimate of drug-likeness (QED) is 0.606. The summed E-state index contributed by atoms with van der Waals surface area (Å²) in [5, 5.41) is 14.1. The summed E-state index contributed by atoms with van der Waals surface area (Å²) in [7, 11) is 1.57. The van der Waals surface area contributed by atoms with Gasteiger partial charge in [-0.3, -0.25) is 14.4 Å². The highest BCUT2D eigenvalue weighted by Crippen LogP contribution is 2.23. The number of methoxy groups -OCH3 is 1. The molecule has 1 aromatic carbocycles. The molecule has 2 heterocycles. The number of aromatic nitrogens is 2. The van der Waals surface area contributed by atoms with Crippen LogP contribution in [0.5, 0.6) is 5.75 Å². The Balaban J connectivity index is 1.33. The molecule has 2 aliphatic rings. The maximum absolute atomic E-state index is 13.0. The van der Waals surface area contributed by atoms with Gasteiger partial charge in [0.2, 0.25) is 15.9 Å². The SMILES string of the molecule is COc1ccc(NC(=O)c2nnc(C(=O)N3CCC[C@@H](C(=O)NC4CCCCCC4)C3)s2)cc1. The van der Waals surface area contributed by atoms with E-state index < -0.39 is 5.91 Å². The van der Waals surface area contributed by atoms with Crippen LogP contribution in [0.25, 0.3) is 0 Å². The van der Waals surface area contributed by atoms with Crippen LogP contribution in [0.3, 0.4) is 0 Å². The Bertz CT molecular complexity index is 1000. The van der Waals surface area contributed by atoms with E-state index in [0.29, 0.717) is 24.5 Å². The first-order valence-electron chi connectivity index (χ1n) is 11.9. The Morgan fingerprint density at radius 2 is 1.68 bits per heavy atom. The number of carbonyl (C=O) groups is 3. The summed E-state index contributed by atoms with van der Waals surface area (Å²) >= 11 is 0.959. The van der Waals surface area contributed by atoms with E-state index >= 15 is 0 Å². The summed E-state index contributed by atoms with van der Waals surface area (Å²) in [4.78, 5) is 40.1. The number of piperidine rings is 1. The van der Waals surface area contributed by atoms with Gasteiger partial charge >= 0.3 is 0 Å². The lowest BCUT2D eigenvalue weighted by molar-refractivity contribution is -0.127. The normalized spacial score (nSPS) is 19.2. The van der Waals surface area contributed by atoms with Gasteiger partial charge in [-0.1, -0.05) is 37.0 Å². The molecule has 0 radical (unpaired) electrons. The molecule has 2 fully saturated rings. The van der Waals surface area contributed by atoms with Crippen LogP contribution in [0.1, 0.15) is 71.0 Å². The van der Waals surface area contributed by atoms with Gasteiger partial charge in [-0.2, -0.15) is 0 Å². The van der Waals surface area contributed by atoms with Crippen LogP contribution >= 0.6 is 11.3 Å². The van der Waals surface area contributed by atoms with E-state index in [4.69, 9.17) is 4.74 Å². The van der Waals surface area contributed by atoms with Gasteiger partial charge in [-0.15, -0.1) is 10.2 Å². The van der Waals surface area contributed by atoms with Crippen molar-refractivity contribution in [3.63, 3.8) is 0 Å². The average Bonchev–Trinajstić information content (AvgIpc) is 3.23. The molecule has 0 unspecified atom stereocenters. The summed E-state index contributed by atoms with van der Waals surface area (Å²) in [6.45, 7) is 0.934. The molecule has 1 saturated heterocycles. The number of carbonyl (C=O) groups excluding carboxylic acids is 3. The minimum Gasteiger partial charge on any atom is -0.497 e. The number of anilines is 1. The molecule has 9 nitrogen and oxygen atoms in total. The van der Waals surface area contributed by atoms with Crippen LogP contribution in [-0.2, 0) is 4.79 Å². The number of nitrogens with zero attached hydrogens (tertiary/aromatic N) is 3. The predicted molar refractivity (Wildman–Crippen MR) is 129 cm³/mol. The van der Waals surface area contributed by atoms with E-state index in [0.717, 1.165) is 49.9 Å². The van der Waals surface area contributed by atoms with Gasteiger partial charge in [-0.25, -0.2) is 0 Å². The predicted octanol–water partition coefficient (Wildman–Crippen LogP) is 3.49. The van der Waals surface area contributed by atoms with Gasteiger partial charge in [0.15, 0.2) is 0 Å². The number of hydrogen-bond donors (Lipinski definition) is 2. The van der Waals surface area contributed by atoms with Crippen LogP contribution in [0.15, 0.2) is 24.3 Å². The molecule has 4 rings (SSSR count). The maximum atomic E-state index is 13.0. The first-order chi connectivity index (χ1) is 16.5. The molecule has 0 bridgehead atoms. The van der Waals surface area contributed by atoms with Crippen molar-refractivity contribution in [1.29, 1.82) is 0 Å². The Labute approximate surface area is 203 Å². The van der Waals surface area contributed by atoms with Crippen molar-refractivity contribution in [2.24, 2.45) is 5.92 Å². The van der Waals surface area contributed by atoms with Crippen LogP contribution in [0.2, 0.25) is 0 Å². The highest BCUT2D eigenvalue weighted by atomic mass is 32.1. The number of rotatable bonds is 6. The highest BCUT2D eigenvalue weighted by Gasteiger charge is 2.31. The van der Waals surface area contributed by atoms with Crippen molar-refractivity contribution < 1.29 is 19.1 Å². The Kier molecular flexibility index (Phi) is 8.10. The summed E-state index contributed by atoms with van der Waals surface area (Å²) in [6, 6.07) is 7.17. The molecule has 1 atom stereocenters. The third kappa shape index (κ3) is 6.11. The third-order valence-electron chi connectivity index (χ3n) is 6.43. The van der Waals surface area contributed by atoms with Crippen molar-refractivity contribution in [3.05, 3.63) is 34.3 Å². The first-order valence-corrected chi connectivity index (χ1v) is 12.7. The van der Waals surface area contributed by atoms with E-state index in [1.165, 1.54) is 12.8 Å². The van der Waals surface area contributed by atoms with Gasteiger partial charge in [-0.05, 0) is 49.9 Å². The molecule has 1 aliphatic carbocycles. The lowest BCUT2D eigenvalue weighted by Gasteiger charge is -2.32. The zero-order valence-corrected chi connectivity index (χ0v) is 20.2. The standard InChI is InChI=1S/C24H31N5O4S/c1-33-19-12-10-18(11-13-19)26-21(31)22-27-28-23(34-22)24(32)29-14-6-7-16(15-29)20(30)25-17-8-4-2-3-5-9-17/h10-13,16-17H,2-9,14-15H2,1H3,(H,25,30)(H,26,31)/t16-/m1/s1. The lowest BCUT2D eigenvalue weighted by Crippen LogP contribution is -2.47. The second kappa shape index (κ2) is 11.4. The molecular weight excluding hydrogens is 454 g/mol. The monoisotopic (exact) mass is 485 g/mol. The van der Waals surface area contributed by atoms with E-state index in [1.54, 1.807) is 36.3 Å². The molecular formula is C24H31N5O4S. The first kappa shape index (κ1) is 24.1. The second-order valence-corrected chi connectivity index (χ2v) is 9.86. The fourth-order valence-corrected chi connectivity index (χ4v) is 5.22. The zero-order chi connectivity index (χ0) is 23.9. The third-order valence-corrected chi connectivity index (χ3v) is 7.34. The maximum Gasteiger partial charge on any atom is 0.286 e. The summed E-state index contributed by atoms with van der Waals surface area (Å²) in [6.07, 6.45) is 8.39.